The summed E-state index contributed by atoms with van der Waals surface area (Å²) in [5.41, 5.74) is 1.32. The van der Waals surface area contributed by atoms with E-state index in [0.29, 0.717) is 16.7 Å². The number of rotatable bonds is 3. The number of aromatic nitrogens is 2. The molecular weight excluding hydrogens is 320 g/mol. The molecule has 3 rings (SSSR count). The van der Waals surface area contributed by atoms with Gasteiger partial charge in [-0.05, 0) is 50.4 Å². The van der Waals surface area contributed by atoms with E-state index in [1.165, 1.54) is 4.88 Å². The quantitative estimate of drug-likeness (QED) is 0.902. The van der Waals surface area contributed by atoms with Gasteiger partial charge in [0.1, 0.15) is 5.69 Å². The Balaban J connectivity index is 0.00000176. The van der Waals surface area contributed by atoms with Gasteiger partial charge in [0.15, 0.2) is 5.13 Å². The van der Waals surface area contributed by atoms with Crippen LogP contribution in [0.2, 0.25) is 0 Å². The molecule has 0 saturated carbocycles. The molecule has 7 heteroatoms. The topological polar surface area (TPSA) is 66.9 Å². The molecule has 1 fully saturated rings. The molecule has 1 aliphatic heterocycles. The number of hydrogen-bond donors (Lipinski definition) is 2. The molecular formula is C15H19ClN4OS. The number of halogens is 1. The van der Waals surface area contributed by atoms with Gasteiger partial charge in [-0.25, -0.2) is 4.98 Å². The van der Waals surface area contributed by atoms with Crippen molar-refractivity contribution in [1.82, 2.24) is 15.3 Å². The van der Waals surface area contributed by atoms with E-state index in [2.05, 4.69) is 20.6 Å². The molecule has 1 saturated heterocycles. The normalized spacial score (nSPS) is 15.1. The number of piperidine rings is 1. The standard InChI is InChI=1S/C15H18N4OS.ClH/c1-10-3-2-6-17-13(10)14(20)19-15-18-9-12(21-15)11-4-7-16-8-5-11;/h2-3,6,9,11,16H,4-5,7-8H2,1H3,(H,18,19,20);1H. The van der Waals surface area contributed by atoms with Gasteiger partial charge in [0.25, 0.3) is 5.91 Å². The Hall–Kier alpha value is -1.50. The van der Waals surface area contributed by atoms with Gasteiger partial charge in [0.2, 0.25) is 0 Å². The van der Waals surface area contributed by atoms with Gasteiger partial charge >= 0.3 is 0 Å². The number of nitrogens with zero attached hydrogens (tertiary/aromatic N) is 2. The van der Waals surface area contributed by atoms with E-state index >= 15 is 0 Å². The molecule has 22 heavy (non-hydrogen) atoms. The van der Waals surface area contributed by atoms with Gasteiger partial charge in [-0.3, -0.25) is 15.1 Å². The average Bonchev–Trinajstić information content (AvgIpc) is 2.97. The molecule has 1 amide bonds. The van der Waals surface area contributed by atoms with Crippen molar-refractivity contribution in [2.24, 2.45) is 0 Å². The van der Waals surface area contributed by atoms with Crippen LogP contribution in [0.25, 0.3) is 0 Å². The largest absolute Gasteiger partial charge is 0.317 e. The molecule has 2 aromatic rings. The highest BCUT2D eigenvalue weighted by Gasteiger charge is 2.19. The lowest BCUT2D eigenvalue weighted by Crippen LogP contribution is -2.26. The Bertz CT molecular complexity index is 640. The van der Waals surface area contributed by atoms with Gasteiger partial charge in [0.05, 0.1) is 0 Å². The number of anilines is 1. The van der Waals surface area contributed by atoms with E-state index in [9.17, 15) is 4.79 Å². The highest BCUT2D eigenvalue weighted by molar-refractivity contribution is 7.15. The van der Waals surface area contributed by atoms with Gasteiger partial charge in [-0.1, -0.05) is 6.07 Å². The van der Waals surface area contributed by atoms with Gasteiger partial charge < -0.3 is 5.32 Å². The molecule has 3 heterocycles. The number of hydrogen-bond acceptors (Lipinski definition) is 5. The summed E-state index contributed by atoms with van der Waals surface area (Å²) in [6.07, 6.45) is 5.79. The molecule has 0 unspecified atom stereocenters. The van der Waals surface area contributed by atoms with Crippen LogP contribution in [0.3, 0.4) is 0 Å². The highest BCUT2D eigenvalue weighted by atomic mass is 35.5. The first-order valence-corrected chi connectivity index (χ1v) is 7.95. The van der Waals surface area contributed by atoms with E-state index in [4.69, 9.17) is 0 Å². The molecule has 0 aliphatic carbocycles. The minimum absolute atomic E-state index is 0. The Kier molecular flexibility index (Phi) is 5.88. The maximum Gasteiger partial charge on any atom is 0.276 e. The number of carbonyl (C=O) groups excluding carboxylic acids is 1. The summed E-state index contributed by atoms with van der Waals surface area (Å²) in [7, 11) is 0. The van der Waals surface area contributed by atoms with Crippen molar-refractivity contribution in [1.29, 1.82) is 0 Å². The summed E-state index contributed by atoms with van der Waals surface area (Å²) in [6.45, 7) is 3.99. The Morgan fingerprint density at radius 1 is 1.36 bits per heavy atom. The van der Waals surface area contributed by atoms with Crippen LogP contribution in [0, 0.1) is 6.92 Å². The third-order valence-corrected chi connectivity index (χ3v) is 4.79. The van der Waals surface area contributed by atoms with Crippen LogP contribution >= 0.6 is 23.7 Å². The van der Waals surface area contributed by atoms with Crippen LogP contribution in [0.4, 0.5) is 5.13 Å². The Morgan fingerprint density at radius 3 is 2.86 bits per heavy atom. The summed E-state index contributed by atoms with van der Waals surface area (Å²) in [5.74, 6) is 0.366. The number of carbonyl (C=O) groups is 1. The lowest BCUT2D eigenvalue weighted by Gasteiger charge is -2.20. The van der Waals surface area contributed by atoms with Crippen molar-refractivity contribution in [3.05, 3.63) is 40.7 Å². The van der Waals surface area contributed by atoms with Crippen molar-refractivity contribution in [2.75, 3.05) is 18.4 Å². The third-order valence-electron chi connectivity index (χ3n) is 3.71. The predicted molar refractivity (Wildman–Crippen MR) is 91.1 cm³/mol. The fourth-order valence-corrected chi connectivity index (χ4v) is 3.50. The smallest absolute Gasteiger partial charge is 0.276 e. The first-order chi connectivity index (χ1) is 10.2. The molecule has 1 aliphatic rings. The minimum Gasteiger partial charge on any atom is -0.317 e. The monoisotopic (exact) mass is 338 g/mol. The summed E-state index contributed by atoms with van der Waals surface area (Å²) in [6, 6.07) is 3.70. The zero-order chi connectivity index (χ0) is 14.7. The third kappa shape index (κ3) is 3.82. The van der Waals surface area contributed by atoms with Crippen molar-refractivity contribution < 1.29 is 4.79 Å². The summed E-state index contributed by atoms with van der Waals surface area (Å²) in [5, 5.41) is 6.86. The van der Waals surface area contributed by atoms with Crippen LogP contribution in [0.5, 0.6) is 0 Å². The van der Waals surface area contributed by atoms with Crippen molar-refractivity contribution in [3.63, 3.8) is 0 Å². The number of thiazole rings is 1. The van der Waals surface area contributed by atoms with E-state index in [-0.39, 0.29) is 18.3 Å². The van der Waals surface area contributed by atoms with E-state index in [1.54, 1.807) is 17.5 Å². The maximum atomic E-state index is 12.2. The Morgan fingerprint density at radius 2 is 2.14 bits per heavy atom. The highest BCUT2D eigenvalue weighted by Crippen LogP contribution is 2.31. The summed E-state index contributed by atoms with van der Waals surface area (Å²) in [4.78, 5) is 21.9. The van der Waals surface area contributed by atoms with Crippen LogP contribution < -0.4 is 10.6 Å². The molecule has 2 aromatic heterocycles. The number of aryl methyl sites for hydroxylation is 1. The average molecular weight is 339 g/mol. The zero-order valence-electron chi connectivity index (χ0n) is 12.3. The van der Waals surface area contributed by atoms with Crippen molar-refractivity contribution >= 4 is 34.8 Å². The van der Waals surface area contributed by atoms with E-state index in [0.717, 1.165) is 31.5 Å². The van der Waals surface area contributed by atoms with Crippen LogP contribution in [-0.2, 0) is 0 Å². The second-order valence-corrected chi connectivity index (χ2v) is 6.28. The molecule has 2 N–H and O–H groups in total. The SMILES string of the molecule is Cc1cccnc1C(=O)Nc1ncc(C2CCNCC2)s1.Cl. The number of nitrogens with one attached hydrogen (secondary N) is 2. The van der Waals surface area contributed by atoms with E-state index < -0.39 is 0 Å². The van der Waals surface area contributed by atoms with Gasteiger partial charge in [0, 0.05) is 17.3 Å². The molecule has 0 atom stereocenters. The molecule has 0 aromatic carbocycles. The van der Waals surface area contributed by atoms with Crippen LogP contribution in [-0.4, -0.2) is 29.0 Å². The molecule has 5 nitrogen and oxygen atoms in total. The predicted octanol–water partition coefficient (Wildman–Crippen LogP) is 2.99. The lowest BCUT2D eigenvalue weighted by atomic mass is 9.97. The first kappa shape index (κ1) is 16.9. The number of pyridine rings is 1. The fourth-order valence-electron chi connectivity index (χ4n) is 2.52. The summed E-state index contributed by atoms with van der Waals surface area (Å²) < 4.78 is 0. The van der Waals surface area contributed by atoms with Gasteiger partial charge in [-0.2, -0.15) is 0 Å². The van der Waals surface area contributed by atoms with Crippen molar-refractivity contribution in [2.45, 2.75) is 25.7 Å². The summed E-state index contributed by atoms with van der Waals surface area (Å²) >= 11 is 1.57. The fraction of sp³-hybridized carbons (Fsp3) is 0.400. The second kappa shape index (κ2) is 7.67. The number of amides is 1. The van der Waals surface area contributed by atoms with Gasteiger partial charge in [-0.15, -0.1) is 23.7 Å². The zero-order valence-corrected chi connectivity index (χ0v) is 14.0. The van der Waals surface area contributed by atoms with Crippen LogP contribution in [0.1, 0.15) is 39.7 Å². The molecule has 0 radical (unpaired) electrons. The molecule has 118 valence electrons. The minimum atomic E-state index is -0.195. The second-order valence-electron chi connectivity index (χ2n) is 5.22. The van der Waals surface area contributed by atoms with E-state index in [1.807, 2.05) is 25.3 Å². The first-order valence-electron chi connectivity index (χ1n) is 7.13. The molecule has 0 bridgehead atoms. The van der Waals surface area contributed by atoms with Crippen molar-refractivity contribution in [3.8, 4) is 0 Å². The maximum absolute atomic E-state index is 12.2. The molecule has 0 spiro atoms. The Labute approximate surface area is 140 Å². The van der Waals surface area contributed by atoms with Crippen LogP contribution in [0.15, 0.2) is 24.5 Å². The lowest BCUT2D eigenvalue weighted by molar-refractivity contribution is 0.102.